The van der Waals surface area contributed by atoms with Gasteiger partial charge in [-0.1, -0.05) is 45.2 Å². The summed E-state index contributed by atoms with van der Waals surface area (Å²) >= 11 is 15.3. The van der Waals surface area contributed by atoms with E-state index in [-0.39, 0.29) is 0 Å². The van der Waals surface area contributed by atoms with Gasteiger partial charge in [0.15, 0.2) is 5.82 Å². The molecule has 1 aromatic heterocycles. The fourth-order valence-corrected chi connectivity index (χ4v) is 2.20. The van der Waals surface area contributed by atoms with E-state index in [4.69, 9.17) is 28.9 Å². The molecule has 1 aromatic carbocycles. The van der Waals surface area contributed by atoms with Crippen molar-refractivity contribution < 1.29 is 0 Å². The van der Waals surface area contributed by atoms with Crippen molar-refractivity contribution in [1.82, 2.24) is 9.78 Å². The maximum Gasteiger partial charge on any atom is 0.164 e. The van der Waals surface area contributed by atoms with Crippen molar-refractivity contribution in [2.24, 2.45) is 0 Å². The van der Waals surface area contributed by atoms with Crippen molar-refractivity contribution >= 4 is 44.9 Å². The van der Waals surface area contributed by atoms with Crippen LogP contribution >= 0.6 is 39.1 Å². The lowest BCUT2D eigenvalue weighted by molar-refractivity contribution is 0.690. The van der Waals surface area contributed by atoms with Gasteiger partial charge in [0.2, 0.25) is 0 Å². The summed E-state index contributed by atoms with van der Waals surface area (Å²) in [5.41, 5.74) is 6.51. The molecule has 2 aromatic rings. The number of anilines is 1. The van der Waals surface area contributed by atoms with E-state index in [1.54, 1.807) is 10.9 Å². The molecule has 0 amide bonds. The quantitative estimate of drug-likeness (QED) is 0.919. The number of aromatic nitrogens is 2. The maximum atomic E-state index is 6.09. The van der Waals surface area contributed by atoms with Gasteiger partial charge in [-0.15, -0.1) is 0 Å². The minimum absolute atomic E-state index is 0.329. The summed E-state index contributed by atoms with van der Waals surface area (Å²) in [4.78, 5) is 0. The van der Waals surface area contributed by atoms with E-state index in [1.165, 1.54) is 0 Å². The molecule has 0 saturated carbocycles. The molecule has 0 saturated heterocycles. The lowest BCUT2D eigenvalue weighted by Gasteiger charge is -2.04. The molecule has 6 heteroatoms. The molecule has 0 unspecified atom stereocenters. The van der Waals surface area contributed by atoms with Crippen LogP contribution in [0.15, 0.2) is 28.9 Å². The van der Waals surface area contributed by atoms with Gasteiger partial charge in [-0.25, -0.2) is 0 Å². The molecule has 84 valence electrons. The van der Waals surface area contributed by atoms with Crippen molar-refractivity contribution in [2.45, 2.75) is 6.54 Å². The molecule has 0 radical (unpaired) electrons. The molecular weight excluding hydrogens is 313 g/mol. The highest BCUT2D eigenvalue weighted by Gasteiger charge is 2.06. The minimum atomic E-state index is 0.329. The second-order valence-electron chi connectivity index (χ2n) is 3.30. The molecule has 16 heavy (non-hydrogen) atoms. The summed E-state index contributed by atoms with van der Waals surface area (Å²) < 4.78 is 2.60. The number of halogens is 3. The third-order valence-corrected chi connectivity index (χ3v) is 3.23. The molecule has 2 N–H and O–H groups in total. The fraction of sp³-hybridized carbons (Fsp3) is 0.100. The maximum absolute atomic E-state index is 6.09. The molecular formula is C10H8BrCl2N3. The third-order valence-electron chi connectivity index (χ3n) is 2.09. The van der Waals surface area contributed by atoms with Gasteiger partial charge < -0.3 is 5.73 Å². The van der Waals surface area contributed by atoms with Gasteiger partial charge in [-0.2, -0.15) is 5.10 Å². The largest absolute Gasteiger partial charge is 0.381 e. The first-order valence-corrected chi connectivity index (χ1v) is 6.03. The number of nitrogens with two attached hydrogens (primary N) is 1. The van der Waals surface area contributed by atoms with E-state index < -0.39 is 0 Å². The second kappa shape index (κ2) is 4.65. The van der Waals surface area contributed by atoms with Gasteiger partial charge in [0.25, 0.3) is 0 Å². The van der Waals surface area contributed by atoms with Crippen LogP contribution in [0.2, 0.25) is 10.0 Å². The topological polar surface area (TPSA) is 43.8 Å². The lowest BCUT2D eigenvalue weighted by Crippen LogP contribution is -2.01. The molecule has 3 nitrogen and oxygen atoms in total. The van der Waals surface area contributed by atoms with E-state index in [2.05, 4.69) is 21.0 Å². The smallest absolute Gasteiger partial charge is 0.164 e. The Balaban J connectivity index is 2.27. The van der Waals surface area contributed by atoms with Gasteiger partial charge in [0.1, 0.15) is 5.02 Å². The summed E-state index contributed by atoms with van der Waals surface area (Å²) in [5.74, 6) is 0.329. The van der Waals surface area contributed by atoms with Crippen LogP contribution in [0.3, 0.4) is 0 Å². The molecule has 0 bridgehead atoms. The van der Waals surface area contributed by atoms with Crippen molar-refractivity contribution in [3.05, 3.63) is 44.5 Å². The average Bonchev–Trinajstić information content (AvgIpc) is 2.51. The molecule has 0 aliphatic carbocycles. The molecule has 0 aliphatic heterocycles. The Bertz CT molecular complexity index is 505. The molecule has 0 fully saturated rings. The van der Waals surface area contributed by atoms with Gasteiger partial charge in [0, 0.05) is 15.7 Å². The Labute approximate surface area is 111 Å². The van der Waals surface area contributed by atoms with Crippen molar-refractivity contribution in [3.63, 3.8) is 0 Å². The van der Waals surface area contributed by atoms with E-state index in [0.29, 0.717) is 22.4 Å². The number of nitrogens with zero attached hydrogens (tertiary/aromatic N) is 2. The first-order chi connectivity index (χ1) is 7.56. The molecule has 0 spiro atoms. The molecule has 1 heterocycles. The number of benzene rings is 1. The molecule has 2 rings (SSSR count). The second-order valence-corrected chi connectivity index (χ2v) is 5.03. The molecule has 0 aliphatic rings. The summed E-state index contributed by atoms with van der Waals surface area (Å²) in [6.07, 6.45) is 1.68. The zero-order valence-electron chi connectivity index (χ0n) is 8.12. The number of hydrogen-bond acceptors (Lipinski definition) is 2. The van der Waals surface area contributed by atoms with Crippen molar-refractivity contribution in [3.8, 4) is 0 Å². The summed E-state index contributed by atoms with van der Waals surface area (Å²) in [5, 5.41) is 5.19. The van der Waals surface area contributed by atoms with Crippen molar-refractivity contribution in [2.75, 3.05) is 5.73 Å². The Morgan fingerprint density at radius 3 is 2.62 bits per heavy atom. The number of hydrogen-bond donors (Lipinski definition) is 1. The SMILES string of the molecule is Nc1nn(Cc2ccc(Br)cc2Cl)cc1Cl. The predicted molar refractivity (Wildman–Crippen MR) is 69.9 cm³/mol. The number of nitrogen functional groups attached to an aromatic ring is 1. The highest BCUT2D eigenvalue weighted by Crippen LogP contribution is 2.23. The first kappa shape index (κ1) is 11.8. The monoisotopic (exact) mass is 319 g/mol. The minimum Gasteiger partial charge on any atom is -0.381 e. The molecule has 0 atom stereocenters. The fourth-order valence-electron chi connectivity index (χ4n) is 1.32. The van der Waals surface area contributed by atoms with Crippen LogP contribution in [0, 0.1) is 0 Å². The van der Waals surface area contributed by atoms with E-state index in [0.717, 1.165) is 10.0 Å². The van der Waals surface area contributed by atoms with Gasteiger partial charge in [-0.3, -0.25) is 4.68 Å². The van der Waals surface area contributed by atoms with Crippen LogP contribution in [-0.2, 0) is 6.54 Å². The number of rotatable bonds is 2. The summed E-state index contributed by atoms with van der Waals surface area (Å²) in [7, 11) is 0. The lowest BCUT2D eigenvalue weighted by atomic mass is 10.2. The summed E-state index contributed by atoms with van der Waals surface area (Å²) in [6.45, 7) is 0.545. The normalized spacial score (nSPS) is 10.7. The third kappa shape index (κ3) is 2.51. The Kier molecular flexibility index (Phi) is 3.42. The van der Waals surface area contributed by atoms with E-state index in [9.17, 15) is 0 Å². The Morgan fingerprint density at radius 1 is 1.31 bits per heavy atom. The van der Waals surface area contributed by atoms with Crippen LogP contribution in [0.25, 0.3) is 0 Å². The predicted octanol–water partition coefficient (Wildman–Crippen LogP) is 3.58. The summed E-state index contributed by atoms with van der Waals surface area (Å²) in [6, 6.07) is 5.69. The Morgan fingerprint density at radius 2 is 2.06 bits per heavy atom. The van der Waals surface area contributed by atoms with E-state index in [1.807, 2.05) is 18.2 Å². The standard InChI is InChI=1S/C10H8BrCl2N3/c11-7-2-1-6(8(12)3-7)4-16-5-9(13)10(14)15-16/h1-3,5H,4H2,(H2,14,15). The van der Waals surface area contributed by atoms with Crippen LogP contribution < -0.4 is 5.73 Å². The van der Waals surface area contributed by atoms with Crippen LogP contribution in [0.5, 0.6) is 0 Å². The van der Waals surface area contributed by atoms with Gasteiger partial charge in [0.05, 0.1) is 6.54 Å². The van der Waals surface area contributed by atoms with Crippen LogP contribution in [-0.4, -0.2) is 9.78 Å². The first-order valence-electron chi connectivity index (χ1n) is 4.48. The Hall–Kier alpha value is -0.710. The van der Waals surface area contributed by atoms with Gasteiger partial charge in [-0.05, 0) is 17.7 Å². The van der Waals surface area contributed by atoms with Crippen LogP contribution in [0.1, 0.15) is 5.56 Å². The van der Waals surface area contributed by atoms with Gasteiger partial charge >= 0.3 is 0 Å². The van der Waals surface area contributed by atoms with E-state index >= 15 is 0 Å². The highest BCUT2D eigenvalue weighted by atomic mass is 79.9. The zero-order valence-corrected chi connectivity index (χ0v) is 11.2. The average molecular weight is 321 g/mol. The van der Waals surface area contributed by atoms with Crippen molar-refractivity contribution in [1.29, 1.82) is 0 Å². The highest BCUT2D eigenvalue weighted by molar-refractivity contribution is 9.10. The van der Waals surface area contributed by atoms with Crippen LogP contribution in [0.4, 0.5) is 5.82 Å². The zero-order chi connectivity index (χ0) is 11.7.